The van der Waals surface area contributed by atoms with Crippen molar-refractivity contribution in [1.29, 1.82) is 0 Å². The molecule has 1 amide bonds. The molecule has 12 heteroatoms. The highest BCUT2D eigenvalue weighted by Gasteiger charge is 2.49. The number of nitrogens with zero attached hydrogens (tertiary/aromatic N) is 6. The van der Waals surface area contributed by atoms with Gasteiger partial charge in [0.2, 0.25) is 11.7 Å². The van der Waals surface area contributed by atoms with Crippen LogP contribution >= 0.6 is 0 Å². The molecule has 0 bridgehead atoms. The van der Waals surface area contributed by atoms with Gasteiger partial charge in [0, 0.05) is 37.0 Å². The number of aliphatic imine (C=N–C) groups is 1. The number of hydrogen-bond donors (Lipinski definition) is 1. The minimum Gasteiger partial charge on any atom is -0.340 e. The largest absolute Gasteiger partial charge is 0.340 e. The van der Waals surface area contributed by atoms with E-state index in [-0.39, 0.29) is 41.4 Å². The number of ketones is 1. The van der Waals surface area contributed by atoms with Crippen molar-refractivity contribution in [2.75, 3.05) is 17.3 Å². The lowest BCUT2D eigenvalue weighted by atomic mass is 10.0. The zero-order chi connectivity index (χ0) is 30.7. The number of hydrogen-bond acceptors (Lipinski definition) is 7. The van der Waals surface area contributed by atoms with Crippen LogP contribution in [-0.4, -0.2) is 62.4 Å². The zero-order valence-corrected chi connectivity index (χ0v) is 24.0. The van der Waals surface area contributed by atoms with Crippen molar-refractivity contribution < 1.29 is 22.8 Å². The predicted octanol–water partition coefficient (Wildman–Crippen LogP) is 5.90. The fourth-order valence-electron chi connectivity index (χ4n) is 6.18. The Kier molecular flexibility index (Phi) is 6.52. The van der Waals surface area contributed by atoms with Crippen molar-refractivity contribution in [3.8, 4) is 11.3 Å². The summed E-state index contributed by atoms with van der Waals surface area (Å²) in [6.07, 6.45) is 3.99. The maximum Gasteiger partial charge on any atom is 0.307 e. The van der Waals surface area contributed by atoms with Gasteiger partial charge in [-0.1, -0.05) is 24.3 Å². The van der Waals surface area contributed by atoms with Crippen LogP contribution in [0, 0.1) is 5.82 Å². The van der Waals surface area contributed by atoms with Crippen molar-refractivity contribution in [3.63, 3.8) is 0 Å². The number of benzene rings is 2. The number of alkyl halides is 2. The first-order valence-corrected chi connectivity index (χ1v) is 14.4. The van der Waals surface area contributed by atoms with Gasteiger partial charge in [-0.25, -0.2) is 14.1 Å². The average molecular weight is 600 g/mol. The summed E-state index contributed by atoms with van der Waals surface area (Å²) in [6.45, 7) is 0.674. The molecule has 2 aliphatic heterocycles. The summed E-state index contributed by atoms with van der Waals surface area (Å²) in [5.74, 6) is -4.06. The average Bonchev–Trinajstić information content (AvgIpc) is 3.70. The van der Waals surface area contributed by atoms with Gasteiger partial charge in [-0.2, -0.15) is 13.9 Å². The molecule has 224 valence electrons. The molecule has 0 saturated heterocycles. The van der Waals surface area contributed by atoms with E-state index in [0.717, 1.165) is 31.1 Å². The van der Waals surface area contributed by atoms with E-state index in [9.17, 15) is 18.4 Å². The predicted molar refractivity (Wildman–Crippen MR) is 159 cm³/mol. The third-order valence-electron chi connectivity index (χ3n) is 8.36. The van der Waals surface area contributed by atoms with Gasteiger partial charge in [0.25, 0.3) is 5.91 Å². The van der Waals surface area contributed by atoms with Gasteiger partial charge in [0.1, 0.15) is 17.2 Å². The van der Waals surface area contributed by atoms with Gasteiger partial charge in [-0.15, -0.1) is 0 Å². The number of amides is 1. The normalized spacial score (nSPS) is 19.0. The maximum absolute atomic E-state index is 15.4. The highest BCUT2D eigenvalue weighted by Crippen LogP contribution is 2.43. The smallest absolute Gasteiger partial charge is 0.307 e. The van der Waals surface area contributed by atoms with Crippen LogP contribution < -0.4 is 10.2 Å². The maximum atomic E-state index is 15.4. The fourth-order valence-corrected chi connectivity index (χ4v) is 6.18. The molecular weight excluding hydrogens is 571 g/mol. The molecule has 9 nitrogen and oxygen atoms in total. The van der Waals surface area contributed by atoms with E-state index < -0.39 is 17.5 Å². The molecule has 4 heterocycles. The van der Waals surface area contributed by atoms with E-state index in [1.807, 2.05) is 30.3 Å². The minimum atomic E-state index is -3.53. The standard InChI is InChI=1S/C32H28F3N7O2/c1-32(34,35)27(43)19-12-14-23(36-16-19)21-13-11-18(15-22(21)33)17-41-28(37-20-7-4-3-5-8-20)26-29(39-41)42-25-10-6-9-24(25)38-31(42)40(2)30(26)44/h3-5,7-8,11-16,24-25,37H,6,9-10,17H2,1-2H3/t24-,25+/m1/s1. The van der Waals surface area contributed by atoms with Crippen molar-refractivity contribution in [2.45, 2.75) is 50.7 Å². The van der Waals surface area contributed by atoms with E-state index in [2.05, 4.69) is 15.2 Å². The quantitative estimate of drug-likeness (QED) is 0.266. The van der Waals surface area contributed by atoms with Crippen LogP contribution in [-0.2, 0) is 6.54 Å². The zero-order valence-electron chi connectivity index (χ0n) is 24.0. The SMILES string of the molecule is CN1C(=O)c2c(nn(Cc3ccc(-c4ccc(C(=O)C(C)(F)F)cn4)c(F)c3)c2Nc2ccccc2)N2C1=N[C@@H]1CCC[C@@H]12. The van der Waals surface area contributed by atoms with Crippen LogP contribution in [0.15, 0.2) is 71.9 Å². The first kappa shape index (κ1) is 27.8. The van der Waals surface area contributed by atoms with Gasteiger partial charge in [-0.3, -0.25) is 24.4 Å². The van der Waals surface area contributed by atoms with Crippen molar-refractivity contribution >= 4 is 35.0 Å². The number of fused-ring (bicyclic) bond motifs is 5. The van der Waals surface area contributed by atoms with Crippen LogP contribution in [0.4, 0.5) is 30.5 Å². The molecule has 0 spiro atoms. The first-order valence-electron chi connectivity index (χ1n) is 14.4. The number of Topliss-reactive ketones (excluding diaryl/α,β-unsaturated/α-hetero) is 1. The second kappa shape index (κ2) is 10.3. The number of halogens is 3. The summed E-state index contributed by atoms with van der Waals surface area (Å²) in [5.41, 5.74) is 1.87. The number of para-hydroxylation sites is 1. The van der Waals surface area contributed by atoms with Gasteiger partial charge >= 0.3 is 5.92 Å². The lowest BCUT2D eigenvalue weighted by molar-refractivity contribution is 0.0221. The Bertz CT molecular complexity index is 1820. The molecular formula is C32H28F3N7O2. The van der Waals surface area contributed by atoms with Crippen LogP contribution in [0.2, 0.25) is 0 Å². The topological polar surface area (TPSA) is 95.7 Å². The van der Waals surface area contributed by atoms with E-state index in [0.29, 0.717) is 35.6 Å². The van der Waals surface area contributed by atoms with Gasteiger partial charge in [0.15, 0.2) is 5.82 Å². The number of anilines is 3. The summed E-state index contributed by atoms with van der Waals surface area (Å²) in [4.78, 5) is 38.1. The van der Waals surface area contributed by atoms with Crippen molar-refractivity contribution in [1.82, 2.24) is 19.7 Å². The number of aromatic nitrogens is 3. The summed E-state index contributed by atoms with van der Waals surface area (Å²) < 4.78 is 44.0. The number of nitrogens with one attached hydrogen (secondary N) is 1. The second-order valence-corrected chi connectivity index (χ2v) is 11.4. The van der Waals surface area contributed by atoms with E-state index in [4.69, 9.17) is 10.1 Å². The van der Waals surface area contributed by atoms with Crippen LogP contribution in [0.1, 0.15) is 52.5 Å². The van der Waals surface area contributed by atoms with E-state index in [1.165, 1.54) is 18.2 Å². The second-order valence-electron chi connectivity index (χ2n) is 11.4. The van der Waals surface area contributed by atoms with E-state index in [1.54, 1.807) is 28.8 Å². The molecule has 0 radical (unpaired) electrons. The molecule has 3 aliphatic rings. The Morgan fingerprint density at radius 1 is 1.09 bits per heavy atom. The van der Waals surface area contributed by atoms with Crippen molar-refractivity contribution in [2.24, 2.45) is 4.99 Å². The molecule has 2 aromatic heterocycles. The molecule has 44 heavy (non-hydrogen) atoms. The highest BCUT2D eigenvalue weighted by molar-refractivity contribution is 6.21. The monoisotopic (exact) mass is 599 g/mol. The number of carbonyl (C=O) groups excluding carboxylic acids is 2. The Labute approximate surface area is 251 Å². The van der Waals surface area contributed by atoms with Gasteiger partial charge in [-0.05, 0) is 61.2 Å². The Morgan fingerprint density at radius 3 is 2.59 bits per heavy atom. The minimum absolute atomic E-state index is 0.114. The summed E-state index contributed by atoms with van der Waals surface area (Å²) >= 11 is 0. The van der Waals surface area contributed by atoms with Crippen LogP contribution in [0.25, 0.3) is 11.3 Å². The van der Waals surface area contributed by atoms with E-state index >= 15 is 4.39 Å². The lowest BCUT2D eigenvalue weighted by Gasteiger charge is -2.34. The molecule has 0 unspecified atom stereocenters. The van der Waals surface area contributed by atoms with Gasteiger partial charge in [0.05, 0.1) is 24.3 Å². The number of guanidine groups is 1. The van der Waals surface area contributed by atoms with Crippen molar-refractivity contribution in [3.05, 3.63) is 89.4 Å². The Hall–Kier alpha value is -5.00. The molecule has 1 saturated carbocycles. The molecule has 1 N–H and O–H groups in total. The lowest BCUT2D eigenvalue weighted by Crippen LogP contribution is -2.51. The first-order chi connectivity index (χ1) is 21.1. The molecule has 2 atom stereocenters. The fraction of sp³-hybridized carbons (Fsp3) is 0.281. The molecule has 7 rings (SSSR count). The summed E-state index contributed by atoms with van der Waals surface area (Å²) in [7, 11) is 1.72. The number of rotatable bonds is 7. The molecule has 2 aromatic carbocycles. The number of carbonyl (C=O) groups is 2. The highest BCUT2D eigenvalue weighted by atomic mass is 19.3. The molecule has 1 fully saturated rings. The molecule has 1 aliphatic carbocycles. The third kappa shape index (κ3) is 4.61. The Balaban J connectivity index is 1.24. The summed E-state index contributed by atoms with van der Waals surface area (Å²) in [5, 5.41) is 8.28. The van der Waals surface area contributed by atoms with Crippen LogP contribution in [0.3, 0.4) is 0 Å². The third-order valence-corrected chi connectivity index (χ3v) is 8.36. The number of pyridine rings is 1. The Morgan fingerprint density at radius 2 is 1.89 bits per heavy atom. The van der Waals surface area contributed by atoms with Crippen LogP contribution in [0.5, 0.6) is 0 Å². The summed E-state index contributed by atoms with van der Waals surface area (Å²) in [6, 6.07) is 16.9. The molecule has 4 aromatic rings. The van der Waals surface area contributed by atoms with Gasteiger partial charge < -0.3 is 5.32 Å².